The van der Waals surface area contributed by atoms with E-state index in [0.29, 0.717) is 22.3 Å². The first-order chi connectivity index (χ1) is 21.0. The molecule has 0 saturated carbocycles. The summed E-state index contributed by atoms with van der Waals surface area (Å²) in [5, 5.41) is 8.08. The number of rotatable bonds is 8. The van der Waals surface area contributed by atoms with Gasteiger partial charge in [0.1, 0.15) is 11.6 Å². The third-order valence-electron chi connectivity index (χ3n) is 6.67. The first-order valence-corrected chi connectivity index (χ1v) is 14.8. The molecule has 0 amide bonds. The lowest BCUT2D eigenvalue weighted by molar-refractivity contribution is -0.274. The largest absolute Gasteiger partial charge is 0.573 e. The third kappa shape index (κ3) is 6.86. The van der Waals surface area contributed by atoms with E-state index in [9.17, 15) is 34.8 Å². The molecule has 5 aromatic rings. The van der Waals surface area contributed by atoms with Gasteiger partial charge in [0.25, 0.3) is 0 Å². The van der Waals surface area contributed by atoms with Crippen LogP contribution in [-0.2, 0) is 27.4 Å². The summed E-state index contributed by atoms with van der Waals surface area (Å²) in [5.74, 6) is -0.449. The highest BCUT2D eigenvalue weighted by atomic mass is 32.2. The summed E-state index contributed by atoms with van der Waals surface area (Å²) in [4.78, 5) is 3.69. The van der Waals surface area contributed by atoms with Crippen molar-refractivity contribution in [3.63, 3.8) is 0 Å². The van der Waals surface area contributed by atoms with Crippen molar-refractivity contribution in [3.05, 3.63) is 90.1 Å². The van der Waals surface area contributed by atoms with Crippen LogP contribution in [0, 0.1) is 6.92 Å². The summed E-state index contributed by atoms with van der Waals surface area (Å²) >= 11 is 0. The number of aryl methyl sites for hydroxylation is 1. The zero-order valence-electron chi connectivity index (χ0n) is 23.7. The molecular weight excluding hydrogens is 628 g/mol. The summed E-state index contributed by atoms with van der Waals surface area (Å²) in [6.45, 7) is 1.44. The van der Waals surface area contributed by atoms with Crippen LogP contribution in [0.15, 0.2) is 78.0 Å². The minimum absolute atomic E-state index is 0.00919. The highest BCUT2D eigenvalue weighted by Crippen LogP contribution is 2.35. The van der Waals surface area contributed by atoms with Gasteiger partial charge in [-0.3, -0.25) is 0 Å². The maximum atomic E-state index is 13.6. The van der Waals surface area contributed by atoms with Gasteiger partial charge in [0.05, 0.1) is 34.8 Å². The molecule has 0 atom stereocenters. The summed E-state index contributed by atoms with van der Waals surface area (Å²) in [6.07, 6.45) is -6.39. The van der Waals surface area contributed by atoms with Crippen molar-refractivity contribution >= 4 is 9.84 Å². The number of hydrogen-bond donors (Lipinski definition) is 0. The molecule has 0 aliphatic heterocycles. The van der Waals surface area contributed by atoms with Gasteiger partial charge in [-0.15, -0.1) is 18.3 Å². The molecule has 0 aliphatic rings. The Balaban J connectivity index is 1.70. The smallest absolute Gasteiger partial charge is 0.406 e. The lowest BCUT2D eigenvalue weighted by Crippen LogP contribution is -2.16. The molecule has 5 rings (SSSR count). The molecule has 0 saturated heterocycles. The van der Waals surface area contributed by atoms with E-state index in [1.807, 2.05) is 0 Å². The van der Waals surface area contributed by atoms with Gasteiger partial charge in [0.15, 0.2) is 15.5 Å². The molecule has 236 valence electrons. The fourth-order valence-electron chi connectivity index (χ4n) is 4.72. The minimum atomic E-state index is -4.89. The molecule has 0 N–H and O–H groups in total. The van der Waals surface area contributed by atoms with Crippen molar-refractivity contribution in [2.75, 3.05) is 13.4 Å². The normalized spacial score (nSPS) is 12.5. The fourth-order valence-corrected chi connectivity index (χ4v) is 5.67. The molecule has 0 unspecified atom stereocenters. The van der Waals surface area contributed by atoms with E-state index in [1.54, 1.807) is 24.3 Å². The standard InChI is InChI=1S/C29H23F6N5O4S/c1-17-37-27(28(30,31)32)15-39(17)23-11-8-19(20-4-5-21(16-43-2)26(13-20)45(3,41)42)12-24(23)40-25(14-36-38-40)18-6-9-22(10-7-18)44-29(33,34)35/h4-15H,16H2,1-3H3. The number of sulfone groups is 1. The average Bonchev–Trinajstić information content (AvgIpc) is 3.59. The Bertz CT molecular complexity index is 1970. The van der Waals surface area contributed by atoms with Crippen LogP contribution in [0.1, 0.15) is 17.1 Å². The number of methoxy groups -OCH3 is 1. The lowest BCUT2D eigenvalue weighted by atomic mass is 10.0. The molecular formula is C29H23F6N5O4S. The van der Waals surface area contributed by atoms with Gasteiger partial charge in [0.2, 0.25) is 0 Å². The molecule has 0 bridgehead atoms. The summed E-state index contributed by atoms with van der Waals surface area (Å²) in [7, 11) is -2.24. The van der Waals surface area contributed by atoms with Crippen LogP contribution in [0.3, 0.4) is 0 Å². The summed E-state index contributed by atoms with van der Waals surface area (Å²) < 4.78 is 115. The number of aromatic nitrogens is 5. The molecule has 9 nitrogen and oxygen atoms in total. The molecule has 0 fully saturated rings. The van der Waals surface area contributed by atoms with Gasteiger partial charge >= 0.3 is 12.5 Å². The van der Waals surface area contributed by atoms with Crippen LogP contribution in [0.4, 0.5) is 26.3 Å². The van der Waals surface area contributed by atoms with Gasteiger partial charge < -0.3 is 14.0 Å². The van der Waals surface area contributed by atoms with Crippen LogP contribution in [0.2, 0.25) is 0 Å². The van der Waals surface area contributed by atoms with Gasteiger partial charge in [-0.1, -0.05) is 23.4 Å². The van der Waals surface area contributed by atoms with Crippen molar-refractivity contribution < 1.29 is 44.2 Å². The monoisotopic (exact) mass is 651 g/mol. The topological polar surface area (TPSA) is 101 Å². The van der Waals surface area contributed by atoms with Gasteiger partial charge in [-0.2, -0.15) is 13.2 Å². The number of benzene rings is 3. The zero-order chi connectivity index (χ0) is 32.7. The Hall–Kier alpha value is -4.70. The van der Waals surface area contributed by atoms with Crippen molar-refractivity contribution in [1.29, 1.82) is 0 Å². The highest BCUT2D eigenvalue weighted by Gasteiger charge is 2.35. The molecule has 2 heterocycles. The zero-order valence-corrected chi connectivity index (χ0v) is 24.5. The fraction of sp³-hybridized carbons (Fsp3) is 0.207. The second-order valence-corrected chi connectivity index (χ2v) is 11.9. The number of imidazole rings is 1. The van der Waals surface area contributed by atoms with Gasteiger partial charge in [0, 0.05) is 25.1 Å². The molecule has 45 heavy (non-hydrogen) atoms. The van der Waals surface area contributed by atoms with Crippen LogP contribution in [0.25, 0.3) is 33.8 Å². The second kappa shape index (κ2) is 11.7. The molecule has 16 heteroatoms. The average molecular weight is 652 g/mol. The molecule has 2 aromatic heterocycles. The molecule has 0 aliphatic carbocycles. The SMILES string of the molecule is COCc1ccc(-c2ccc(-n3cc(C(F)(F)F)nc3C)c(-n3nncc3-c3ccc(OC(F)(F)F)cc3)c2)cc1S(C)(=O)=O. The molecule has 0 radical (unpaired) electrons. The van der Waals surface area contributed by atoms with Gasteiger partial charge in [-0.05, 0) is 66.1 Å². The second-order valence-electron chi connectivity index (χ2n) is 9.88. The Morgan fingerprint density at radius 1 is 0.867 bits per heavy atom. The van der Waals surface area contributed by atoms with Crippen molar-refractivity contribution in [2.24, 2.45) is 0 Å². The van der Waals surface area contributed by atoms with E-state index in [-0.39, 0.29) is 34.4 Å². The minimum Gasteiger partial charge on any atom is -0.406 e. The Morgan fingerprint density at radius 2 is 1.51 bits per heavy atom. The Labute approximate surface area is 252 Å². The maximum absolute atomic E-state index is 13.6. The number of alkyl halides is 6. The van der Waals surface area contributed by atoms with Crippen molar-refractivity contribution in [1.82, 2.24) is 24.5 Å². The predicted octanol–water partition coefficient (Wildman–Crippen LogP) is 6.56. The van der Waals surface area contributed by atoms with Crippen LogP contribution < -0.4 is 4.74 Å². The van der Waals surface area contributed by atoms with E-state index >= 15 is 0 Å². The van der Waals surface area contributed by atoms with Crippen molar-refractivity contribution in [3.8, 4) is 39.5 Å². The van der Waals surface area contributed by atoms with Crippen molar-refractivity contribution in [2.45, 2.75) is 31.0 Å². The summed E-state index contributed by atoms with van der Waals surface area (Å²) in [6, 6.07) is 14.3. The number of hydrogen-bond acceptors (Lipinski definition) is 7. The van der Waals surface area contributed by atoms with E-state index in [0.717, 1.165) is 24.6 Å². The van der Waals surface area contributed by atoms with E-state index in [4.69, 9.17) is 4.74 Å². The first-order valence-electron chi connectivity index (χ1n) is 12.9. The molecule has 3 aromatic carbocycles. The predicted molar refractivity (Wildman–Crippen MR) is 150 cm³/mol. The van der Waals surface area contributed by atoms with Crippen LogP contribution in [0.5, 0.6) is 5.75 Å². The first kappa shape index (κ1) is 31.7. The number of nitrogens with zero attached hydrogens (tertiary/aromatic N) is 5. The third-order valence-corrected chi connectivity index (χ3v) is 7.85. The lowest BCUT2D eigenvalue weighted by Gasteiger charge is -2.17. The van der Waals surface area contributed by atoms with Crippen LogP contribution >= 0.6 is 0 Å². The summed E-state index contributed by atoms with van der Waals surface area (Å²) in [5.41, 5.74) is 1.34. The van der Waals surface area contributed by atoms with E-state index < -0.39 is 33.8 Å². The highest BCUT2D eigenvalue weighted by molar-refractivity contribution is 7.90. The number of ether oxygens (including phenoxy) is 2. The van der Waals surface area contributed by atoms with Gasteiger partial charge in [-0.25, -0.2) is 18.1 Å². The quantitative estimate of drug-likeness (QED) is 0.175. The Kier molecular flexibility index (Phi) is 8.22. The number of halogens is 6. The molecule has 0 spiro atoms. The van der Waals surface area contributed by atoms with Crippen LogP contribution in [-0.4, -0.2) is 52.7 Å². The van der Waals surface area contributed by atoms with E-state index in [1.165, 1.54) is 53.7 Å². The Morgan fingerprint density at radius 3 is 2.11 bits per heavy atom. The maximum Gasteiger partial charge on any atom is 0.573 e. The van der Waals surface area contributed by atoms with E-state index in [2.05, 4.69) is 20.0 Å².